The normalized spacial score (nSPS) is 13.5. The Morgan fingerprint density at radius 3 is 2.33 bits per heavy atom. The van der Waals surface area contributed by atoms with E-state index in [0.717, 1.165) is 65.1 Å². The van der Waals surface area contributed by atoms with Gasteiger partial charge < -0.3 is 25.6 Å². The van der Waals surface area contributed by atoms with Crippen LogP contribution < -0.4 is 20.9 Å². The van der Waals surface area contributed by atoms with Crippen LogP contribution in [0.25, 0.3) is 6.08 Å². The first-order valence-corrected chi connectivity index (χ1v) is 18.9. The van der Waals surface area contributed by atoms with E-state index in [4.69, 9.17) is 4.74 Å². The maximum absolute atomic E-state index is 13.7. The molecule has 1 aromatic heterocycles. The van der Waals surface area contributed by atoms with E-state index in [0.29, 0.717) is 21.8 Å². The quantitative estimate of drug-likeness (QED) is 0.0767. The number of benzene rings is 3. The van der Waals surface area contributed by atoms with Gasteiger partial charge in [0.25, 0.3) is 11.8 Å². The van der Waals surface area contributed by atoms with Crippen LogP contribution in [-0.4, -0.2) is 49.6 Å². The van der Waals surface area contributed by atoms with E-state index in [1.165, 1.54) is 23.1 Å². The molecule has 1 unspecified atom stereocenters. The average Bonchev–Trinajstić information content (AvgIpc) is 3.43. The van der Waals surface area contributed by atoms with Crippen molar-refractivity contribution in [1.29, 1.82) is 0 Å². The molecule has 0 aliphatic heterocycles. The molecule has 0 saturated heterocycles. The lowest BCUT2D eigenvalue weighted by atomic mass is 9.96. The minimum absolute atomic E-state index is 0.0784. The van der Waals surface area contributed by atoms with Crippen LogP contribution in [0.3, 0.4) is 0 Å². The van der Waals surface area contributed by atoms with E-state index in [1.54, 1.807) is 62.4 Å². The van der Waals surface area contributed by atoms with Crippen molar-refractivity contribution in [2.24, 2.45) is 0 Å². The molecule has 1 aliphatic carbocycles. The number of carbonyl (C=O) groups is 4. The molecule has 0 spiro atoms. The van der Waals surface area contributed by atoms with Gasteiger partial charge in [-0.05, 0) is 99.2 Å². The Morgan fingerprint density at radius 1 is 0.902 bits per heavy atom. The number of aryl methyl sites for hydroxylation is 1. The number of hydrogen-bond donors (Lipinski definition) is 3. The molecule has 51 heavy (non-hydrogen) atoms. The van der Waals surface area contributed by atoms with Crippen molar-refractivity contribution in [3.8, 4) is 0 Å². The third-order valence-electron chi connectivity index (χ3n) is 8.41. The molecule has 1 atom stereocenters. The number of amides is 3. The van der Waals surface area contributed by atoms with Crippen LogP contribution in [0.1, 0.15) is 76.3 Å². The molecule has 0 radical (unpaired) electrons. The largest absolute Gasteiger partial charge is 0.462 e. The van der Waals surface area contributed by atoms with Gasteiger partial charge in [0.15, 0.2) is 0 Å². The average molecular weight is 725 g/mol. The molecule has 0 bridgehead atoms. The fourth-order valence-corrected chi connectivity index (χ4v) is 7.93. The Kier molecular flexibility index (Phi) is 13.1. The van der Waals surface area contributed by atoms with Crippen LogP contribution in [0, 0.1) is 0 Å². The summed E-state index contributed by atoms with van der Waals surface area (Å²) >= 11 is 2.82. The second-order valence-corrected chi connectivity index (χ2v) is 15.0. The summed E-state index contributed by atoms with van der Waals surface area (Å²) in [6.45, 7) is 3.85. The first kappa shape index (κ1) is 37.4. The molecule has 5 rings (SSSR count). The number of fused-ring (bicyclic) bond motifs is 1. The van der Waals surface area contributed by atoms with Crippen LogP contribution in [0.4, 0.5) is 16.4 Å². The van der Waals surface area contributed by atoms with Gasteiger partial charge in [-0.1, -0.05) is 49.2 Å². The summed E-state index contributed by atoms with van der Waals surface area (Å²) in [5, 5.41) is 8.75. The minimum atomic E-state index is -0.513. The zero-order valence-corrected chi connectivity index (χ0v) is 31.0. The van der Waals surface area contributed by atoms with E-state index >= 15 is 0 Å². The first-order chi connectivity index (χ1) is 24.6. The first-order valence-electron chi connectivity index (χ1n) is 17.2. The second kappa shape index (κ2) is 17.9. The third-order valence-corrected chi connectivity index (χ3v) is 10.7. The van der Waals surface area contributed by atoms with Crippen molar-refractivity contribution in [3.63, 3.8) is 0 Å². The monoisotopic (exact) mass is 724 g/mol. The van der Waals surface area contributed by atoms with E-state index in [-0.39, 0.29) is 18.2 Å². The van der Waals surface area contributed by atoms with E-state index in [2.05, 4.69) is 16.0 Å². The smallest absolute Gasteiger partial charge is 0.341 e. The predicted octanol–water partition coefficient (Wildman–Crippen LogP) is 8.18. The summed E-state index contributed by atoms with van der Waals surface area (Å²) in [6.07, 6.45) is 7.67. The SMILES string of the molecule is CCOC(=O)c1c(NC(=O)C(C)Sc2cccc(NC(=O)/C(=C\c3ccc(N(C)C)cc3)NC(=O)c3ccccc3)c2)sc2c1CCCCCC2. The van der Waals surface area contributed by atoms with Gasteiger partial charge in [-0.25, -0.2) is 4.79 Å². The molecule has 1 heterocycles. The van der Waals surface area contributed by atoms with Gasteiger partial charge in [-0.3, -0.25) is 14.4 Å². The Bertz CT molecular complexity index is 1890. The van der Waals surface area contributed by atoms with Gasteiger partial charge in [-0.15, -0.1) is 23.1 Å². The van der Waals surface area contributed by atoms with Gasteiger partial charge in [-0.2, -0.15) is 0 Å². The zero-order valence-electron chi connectivity index (χ0n) is 29.4. The summed E-state index contributed by atoms with van der Waals surface area (Å²) in [5.74, 6) is -1.53. The summed E-state index contributed by atoms with van der Waals surface area (Å²) in [6, 6.07) is 23.5. The molecule has 9 nitrogen and oxygen atoms in total. The molecule has 266 valence electrons. The number of ether oxygens (including phenoxy) is 1. The number of nitrogens with one attached hydrogen (secondary N) is 3. The van der Waals surface area contributed by atoms with Crippen molar-refractivity contribution in [2.75, 3.05) is 36.2 Å². The van der Waals surface area contributed by atoms with Gasteiger partial charge >= 0.3 is 5.97 Å². The van der Waals surface area contributed by atoms with Crippen LogP contribution in [0.2, 0.25) is 0 Å². The minimum Gasteiger partial charge on any atom is -0.462 e. The van der Waals surface area contributed by atoms with Gasteiger partial charge in [0, 0.05) is 40.8 Å². The molecule has 3 aromatic carbocycles. The fraction of sp³-hybridized carbons (Fsp3) is 0.300. The number of esters is 1. The maximum Gasteiger partial charge on any atom is 0.341 e. The van der Waals surface area contributed by atoms with Crippen LogP contribution in [-0.2, 0) is 27.2 Å². The Labute approximate surface area is 307 Å². The highest BCUT2D eigenvalue weighted by Gasteiger charge is 2.27. The van der Waals surface area contributed by atoms with Crippen LogP contribution >= 0.6 is 23.1 Å². The zero-order chi connectivity index (χ0) is 36.3. The van der Waals surface area contributed by atoms with Crippen LogP contribution in [0.5, 0.6) is 0 Å². The van der Waals surface area contributed by atoms with Crippen molar-refractivity contribution in [2.45, 2.75) is 62.5 Å². The fourth-order valence-electron chi connectivity index (χ4n) is 5.72. The highest BCUT2D eigenvalue weighted by atomic mass is 32.2. The van der Waals surface area contributed by atoms with Crippen molar-refractivity contribution in [1.82, 2.24) is 5.32 Å². The molecule has 11 heteroatoms. The summed E-state index contributed by atoms with van der Waals surface area (Å²) in [5.41, 5.74) is 4.25. The standard InChI is InChI=1S/C40H44N4O5S2/c1-5-49-40(48)35-32-18-11-6-7-12-19-34(32)51-39(35)43-36(45)26(2)50-31-17-13-16-29(25-31)41-38(47)33(42-37(46)28-14-9-8-10-15-28)24-27-20-22-30(23-21-27)44(3)4/h8-10,13-17,20-26H,5-7,11-12,18-19H2,1-4H3,(H,41,47)(H,42,46)(H,43,45)/b33-24+. The lowest BCUT2D eigenvalue weighted by Gasteiger charge is -2.15. The lowest BCUT2D eigenvalue weighted by molar-refractivity contribution is -0.115. The molecule has 1 aliphatic rings. The molecule has 0 fully saturated rings. The molecular weight excluding hydrogens is 681 g/mol. The van der Waals surface area contributed by atoms with Crippen LogP contribution in [0.15, 0.2) is 89.5 Å². The number of anilines is 3. The summed E-state index contributed by atoms with van der Waals surface area (Å²) in [7, 11) is 3.89. The Hall–Kier alpha value is -4.87. The second-order valence-electron chi connectivity index (χ2n) is 12.4. The molecule has 3 amide bonds. The van der Waals surface area contributed by atoms with Crippen molar-refractivity contribution in [3.05, 3.63) is 112 Å². The lowest BCUT2D eigenvalue weighted by Crippen LogP contribution is -2.30. The molecular formula is C40H44N4O5S2. The highest BCUT2D eigenvalue weighted by molar-refractivity contribution is 8.00. The predicted molar refractivity (Wildman–Crippen MR) is 208 cm³/mol. The van der Waals surface area contributed by atoms with Gasteiger partial charge in [0.1, 0.15) is 10.7 Å². The Balaban J connectivity index is 1.30. The van der Waals surface area contributed by atoms with E-state index in [9.17, 15) is 19.2 Å². The van der Waals surface area contributed by atoms with Crippen molar-refractivity contribution < 1.29 is 23.9 Å². The van der Waals surface area contributed by atoms with Gasteiger partial charge in [0.05, 0.1) is 17.4 Å². The number of rotatable bonds is 12. The Morgan fingerprint density at radius 2 is 1.63 bits per heavy atom. The summed E-state index contributed by atoms with van der Waals surface area (Å²) < 4.78 is 5.40. The third kappa shape index (κ3) is 10.1. The number of thiophene rings is 1. The number of thioether (sulfide) groups is 1. The topological polar surface area (TPSA) is 117 Å². The summed E-state index contributed by atoms with van der Waals surface area (Å²) in [4.78, 5) is 57.2. The molecule has 3 N–H and O–H groups in total. The van der Waals surface area contributed by atoms with E-state index in [1.807, 2.05) is 55.4 Å². The highest BCUT2D eigenvalue weighted by Crippen LogP contribution is 2.38. The maximum atomic E-state index is 13.7. The number of nitrogens with zero attached hydrogens (tertiary/aromatic N) is 1. The number of hydrogen-bond acceptors (Lipinski definition) is 8. The van der Waals surface area contributed by atoms with Crippen molar-refractivity contribution >= 4 is 69.2 Å². The van der Waals surface area contributed by atoms with Gasteiger partial charge in [0.2, 0.25) is 5.91 Å². The molecule has 4 aromatic rings. The number of carbonyl (C=O) groups excluding carboxylic acids is 4. The van der Waals surface area contributed by atoms with E-state index < -0.39 is 23.0 Å². The molecule has 0 saturated carbocycles.